The van der Waals surface area contributed by atoms with E-state index in [9.17, 15) is 0 Å². The molecule has 3 heterocycles. The van der Waals surface area contributed by atoms with Crippen LogP contribution < -0.4 is 15.5 Å². The Hall–Kier alpha value is -1.86. The van der Waals surface area contributed by atoms with Gasteiger partial charge in [0.2, 0.25) is 0 Å². The standard InChI is InChI=1S/C23H40N6O/c1-4-24-23(27-16-21-18-28(12-13-30-21)17-19(2)3)26-15-20-8-9-25-22(14-20)29-10-6-5-7-11-29/h8-9,14,19,21H,4-7,10-13,15-18H2,1-3H3,(H2,24,26,27). The third kappa shape index (κ3) is 7.43. The second-order valence-electron chi connectivity index (χ2n) is 8.79. The number of aromatic nitrogens is 1. The Bertz CT molecular complexity index is 659. The van der Waals surface area contributed by atoms with Gasteiger partial charge in [-0.25, -0.2) is 9.98 Å². The SMILES string of the molecule is CCNC(=NCc1ccnc(N2CCCCC2)c1)NCC1CN(CC(C)C)CCO1. The van der Waals surface area contributed by atoms with Crippen molar-refractivity contribution in [3.8, 4) is 0 Å². The Balaban J connectivity index is 1.53. The van der Waals surface area contributed by atoms with Gasteiger partial charge < -0.3 is 20.3 Å². The molecule has 2 N–H and O–H groups in total. The summed E-state index contributed by atoms with van der Waals surface area (Å²) in [5.41, 5.74) is 1.19. The van der Waals surface area contributed by atoms with Gasteiger partial charge in [-0.05, 0) is 49.8 Å². The van der Waals surface area contributed by atoms with E-state index < -0.39 is 0 Å². The topological polar surface area (TPSA) is 65.0 Å². The van der Waals surface area contributed by atoms with Crippen molar-refractivity contribution in [3.63, 3.8) is 0 Å². The fourth-order valence-electron chi connectivity index (χ4n) is 4.16. The summed E-state index contributed by atoms with van der Waals surface area (Å²) >= 11 is 0. The molecule has 1 aromatic rings. The van der Waals surface area contributed by atoms with E-state index in [0.717, 1.165) is 64.2 Å². The van der Waals surface area contributed by atoms with E-state index in [2.05, 4.69) is 58.3 Å². The number of hydrogen-bond donors (Lipinski definition) is 2. The molecule has 7 nitrogen and oxygen atoms in total. The number of morpholine rings is 1. The maximum absolute atomic E-state index is 5.96. The van der Waals surface area contributed by atoms with Crippen molar-refractivity contribution in [2.75, 3.05) is 57.3 Å². The maximum Gasteiger partial charge on any atom is 0.191 e. The molecule has 2 aliphatic heterocycles. The first-order chi connectivity index (χ1) is 14.6. The Kier molecular flexibility index (Phi) is 9.21. The first-order valence-corrected chi connectivity index (χ1v) is 11.7. The second kappa shape index (κ2) is 12.1. The van der Waals surface area contributed by atoms with Gasteiger partial charge in [0.25, 0.3) is 0 Å². The minimum Gasteiger partial charge on any atom is -0.374 e. The van der Waals surface area contributed by atoms with E-state index in [0.29, 0.717) is 12.5 Å². The molecule has 2 aliphatic rings. The lowest BCUT2D eigenvalue weighted by molar-refractivity contribution is -0.0284. The number of rotatable bonds is 8. The minimum absolute atomic E-state index is 0.202. The van der Waals surface area contributed by atoms with Gasteiger partial charge in [0.1, 0.15) is 5.82 Å². The fourth-order valence-corrected chi connectivity index (χ4v) is 4.16. The number of nitrogens with zero attached hydrogens (tertiary/aromatic N) is 4. The number of ether oxygens (including phenoxy) is 1. The van der Waals surface area contributed by atoms with Gasteiger partial charge in [0.15, 0.2) is 5.96 Å². The molecule has 7 heteroatoms. The van der Waals surface area contributed by atoms with Crippen molar-refractivity contribution >= 4 is 11.8 Å². The average molecular weight is 417 g/mol. The largest absolute Gasteiger partial charge is 0.374 e. The molecule has 0 amide bonds. The summed E-state index contributed by atoms with van der Waals surface area (Å²) in [4.78, 5) is 14.3. The van der Waals surface area contributed by atoms with Gasteiger partial charge in [-0.3, -0.25) is 4.90 Å². The highest BCUT2D eigenvalue weighted by Crippen LogP contribution is 2.18. The Morgan fingerprint density at radius 2 is 2.07 bits per heavy atom. The summed E-state index contributed by atoms with van der Waals surface area (Å²) in [6.45, 7) is 15.1. The number of aliphatic imine (C=N–C) groups is 1. The van der Waals surface area contributed by atoms with Crippen molar-refractivity contribution in [2.45, 2.75) is 52.7 Å². The number of anilines is 1. The zero-order valence-electron chi connectivity index (χ0n) is 19.1. The first-order valence-electron chi connectivity index (χ1n) is 11.7. The van der Waals surface area contributed by atoms with Crippen LogP contribution in [0.5, 0.6) is 0 Å². The molecule has 0 saturated carbocycles. The van der Waals surface area contributed by atoms with Crippen molar-refractivity contribution in [2.24, 2.45) is 10.9 Å². The van der Waals surface area contributed by atoms with Crippen LogP contribution in [0.25, 0.3) is 0 Å². The molecule has 1 unspecified atom stereocenters. The number of nitrogens with one attached hydrogen (secondary N) is 2. The lowest BCUT2D eigenvalue weighted by Gasteiger charge is -2.34. The normalized spacial score (nSPS) is 21.1. The van der Waals surface area contributed by atoms with Gasteiger partial charge in [0.05, 0.1) is 19.3 Å². The van der Waals surface area contributed by atoms with E-state index >= 15 is 0 Å². The van der Waals surface area contributed by atoms with Crippen molar-refractivity contribution in [1.82, 2.24) is 20.5 Å². The van der Waals surface area contributed by atoms with Crippen LogP contribution in [0.4, 0.5) is 5.82 Å². The second-order valence-corrected chi connectivity index (χ2v) is 8.79. The third-order valence-corrected chi connectivity index (χ3v) is 5.60. The molecule has 1 atom stereocenters. The lowest BCUT2D eigenvalue weighted by Crippen LogP contribution is -2.50. The van der Waals surface area contributed by atoms with Gasteiger partial charge in [-0.15, -0.1) is 0 Å². The zero-order chi connectivity index (χ0) is 21.2. The number of hydrogen-bond acceptors (Lipinski definition) is 5. The smallest absolute Gasteiger partial charge is 0.191 e. The van der Waals surface area contributed by atoms with Crippen molar-refractivity contribution < 1.29 is 4.74 Å². The van der Waals surface area contributed by atoms with E-state index in [1.165, 1.54) is 24.8 Å². The van der Waals surface area contributed by atoms with Crippen molar-refractivity contribution in [3.05, 3.63) is 23.9 Å². The van der Waals surface area contributed by atoms with Gasteiger partial charge in [-0.1, -0.05) is 13.8 Å². The van der Waals surface area contributed by atoms with E-state index in [1.807, 2.05) is 6.20 Å². The molecule has 0 spiro atoms. The summed E-state index contributed by atoms with van der Waals surface area (Å²) in [7, 11) is 0. The van der Waals surface area contributed by atoms with Crippen molar-refractivity contribution in [1.29, 1.82) is 0 Å². The minimum atomic E-state index is 0.202. The van der Waals surface area contributed by atoms with Crippen LogP contribution in [0, 0.1) is 5.92 Å². The molecule has 0 aromatic carbocycles. The average Bonchev–Trinajstić information content (AvgIpc) is 2.76. The van der Waals surface area contributed by atoms with Crippen LogP contribution in [0.1, 0.15) is 45.6 Å². The number of piperidine rings is 1. The van der Waals surface area contributed by atoms with Gasteiger partial charge >= 0.3 is 0 Å². The van der Waals surface area contributed by atoms with Crippen LogP contribution in [-0.2, 0) is 11.3 Å². The highest BCUT2D eigenvalue weighted by Gasteiger charge is 2.21. The fraction of sp³-hybridized carbons (Fsp3) is 0.739. The molecule has 2 fully saturated rings. The summed E-state index contributed by atoms with van der Waals surface area (Å²) in [6.07, 6.45) is 5.96. The Labute approximate surface area is 182 Å². The molecule has 0 radical (unpaired) electrons. The molecule has 3 rings (SSSR count). The van der Waals surface area contributed by atoms with E-state index in [4.69, 9.17) is 9.73 Å². The van der Waals surface area contributed by atoms with Gasteiger partial charge in [0, 0.05) is 52.0 Å². The zero-order valence-corrected chi connectivity index (χ0v) is 19.1. The molecule has 0 bridgehead atoms. The molecule has 30 heavy (non-hydrogen) atoms. The van der Waals surface area contributed by atoms with Crippen LogP contribution >= 0.6 is 0 Å². The quantitative estimate of drug-likeness (QED) is 0.501. The molecule has 1 aromatic heterocycles. The van der Waals surface area contributed by atoms with E-state index in [-0.39, 0.29) is 6.10 Å². The summed E-state index contributed by atoms with van der Waals surface area (Å²) in [6, 6.07) is 4.25. The number of guanidine groups is 1. The van der Waals surface area contributed by atoms with Crippen LogP contribution in [-0.4, -0.2) is 74.4 Å². The summed E-state index contributed by atoms with van der Waals surface area (Å²) in [5.74, 6) is 2.62. The van der Waals surface area contributed by atoms with E-state index in [1.54, 1.807) is 0 Å². The third-order valence-electron chi connectivity index (χ3n) is 5.60. The van der Waals surface area contributed by atoms with Crippen LogP contribution in [0.3, 0.4) is 0 Å². The monoisotopic (exact) mass is 416 g/mol. The summed E-state index contributed by atoms with van der Waals surface area (Å²) in [5, 5.41) is 6.83. The molecule has 2 saturated heterocycles. The van der Waals surface area contributed by atoms with Gasteiger partial charge in [-0.2, -0.15) is 0 Å². The maximum atomic E-state index is 5.96. The molecule has 0 aliphatic carbocycles. The summed E-state index contributed by atoms with van der Waals surface area (Å²) < 4.78 is 5.96. The highest BCUT2D eigenvalue weighted by atomic mass is 16.5. The lowest BCUT2D eigenvalue weighted by atomic mass is 10.1. The molecule has 168 valence electrons. The molecular weight excluding hydrogens is 376 g/mol. The highest BCUT2D eigenvalue weighted by molar-refractivity contribution is 5.79. The van der Waals surface area contributed by atoms with Crippen LogP contribution in [0.2, 0.25) is 0 Å². The van der Waals surface area contributed by atoms with Crippen LogP contribution in [0.15, 0.2) is 23.3 Å². The predicted octanol–water partition coefficient (Wildman–Crippen LogP) is 2.48. The molecular formula is C23H40N6O. The predicted molar refractivity (Wildman–Crippen MR) is 124 cm³/mol. The Morgan fingerprint density at radius 3 is 2.83 bits per heavy atom. The number of pyridine rings is 1. The first kappa shape index (κ1) is 22.8. The Morgan fingerprint density at radius 1 is 1.23 bits per heavy atom.